The molecule has 2 heterocycles. The predicted octanol–water partition coefficient (Wildman–Crippen LogP) is 5.56. The SMILES string of the molecule is CC(C)c1ccnn1C1(C(=O)Nc2ccc(Cl)cc2OC(F)F)CCN(CC2(C(=O)O)Cc3ccccc3C2)CC1. The lowest BCUT2D eigenvalue weighted by Gasteiger charge is -2.43. The number of amides is 1. The smallest absolute Gasteiger partial charge is 0.387 e. The number of carbonyl (C=O) groups excluding carboxylic acids is 1. The molecule has 0 radical (unpaired) electrons. The normalized spacial score (nSPS) is 17.9. The third kappa shape index (κ3) is 5.67. The van der Waals surface area contributed by atoms with Gasteiger partial charge in [-0.25, -0.2) is 0 Å². The molecule has 1 aromatic heterocycles. The molecule has 3 aromatic rings. The summed E-state index contributed by atoms with van der Waals surface area (Å²) in [4.78, 5) is 28.8. The van der Waals surface area contributed by atoms with Crippen LogP contribution in [0, 0.1) is 5.41 Å². The van der Waals surface area contributed by atoms with Gasteiger partial charge in [-0.3, -0.25) is 14.3 Å². The van der Waals surface area contributed by atoms with E-state index in [9.17, 15) is 23.5 Å². The number of aliphatic carboxylic acids is 1. The Labute approximate surface area is 242 Å². The van der Waals surface area contributed by atoms with E-state index in [1.165, 1.54) is 18.2 Å². The molecule has 0 unspecified atom stereocenters. The largest absolute Gasteiger partial charge is 0.481 e. The molecule has 11 heteroatoms. The van der Waals surface area contributed by atoms with Crippen molar-refractivity contribution in [1.29, 1.82) is 0 Å². The lowest BCUT2D eigenvalue weighted by atomic mass is 9.81. The Morgan fingerprint density at radius 3 is 2.34 bits per heavy atom. The lowest BCUT2D eigenvalue weighted by molar-refractivity contribution is -0.150. The molecule has 1 aliphatic carbocycles. The summed E-state index contributed by atoms with van der Waals surface area (Å²) in [6.07, 6.45) is 3.27. The van der Waals surface area contributed by atoms with Gasteiger partial charge < -0.3 is 20.1 Å². The summed E-state index contributed by atoms with van der Waals surface area (Å²) >= 11 is 6.00. The van der Waals surface area contributed by atoms with Crippen molar-refractivity contribution in [2.24, 2.45) is 5.41 Å². The number of rotatable bonds is 9. The molecule has 5 rings (SSSR count). The van der Waals surface area contributed by atoms with Crippen molar-refractivity contribution in [3.8, 4) is 5.75 Å². The van der Waals surface area contributed by atoms with E-state index in [0.29, 0.717) is 45.3 Å². The van der Waals surface area contributed by atoms with E-state index in [1.54, 1.807) is 10.9 Å². The van der Waals surface area contributed by atoms with Gasteiger partial charge in [-0.15, -0.1) is 0 Å². The van der Waals surface area contributed by atoms with Crippen LogP contribution in [0.15, 0.2) is 54.7 Å². The Balaban J connectivity index is 1.41. The van der Waals surface area contributed by atoms with Gasteiger partial charge in [-0.2, -0.15) is 13.9 Å². The number of aromatic nitrogens is 2. The summed E-state index contributed by atoms with van der Waals surface area (Å²) in [5.74, 6) is -1.40. The van der Waals surface area contributed by atoms with Crippen LogP contribution in [0.2, 0.25) is 5.02 Å². The Kier molecular flexibility index (Phi) is 8.07. The van der Waals surface area contributed by atoms with Crippen molar-refractivity contribution in [2.45, 2.75) is 57.6 Å². The number of alkyl halides is 2. The van der Waals surface area contributed by atoms with Gasteiger partial charge in [-0.1, -0.05) is 49.7 Å². The quantitative estimate of drug-likeness (QED) is 0.341. The number of fused-ring (bicyclic) bond motifs is 1. The fraction of sp³-hybridized carbons (Fsp3) is 0.433. The molecule has 0 saturated carbocycles. The molecule has 2 aliphatic rings. The minimum Gasteiger partial charge on any atom is -0.481 e. The Bertz CT molecular complexity index is 1410. The molecule has 0 spiro atoms. The van der Waals surface area contributed by atoms with Gasteiger partial charge in [0.1, 0.15) is 5.54 Å². The van der Waals surface area contributed by atoms with Gasteiger partial charge in [0.2, 0.25) is 0 Å². The number of hydrogen-bond acceptors (Lipinski definition) is 5. The maximum Gasteiger partial charge on any atom is 0.387 e. The third-order valence-electron chi connectivity index (χ3n) is 8.34. The second-order valence-electron chi connectivity index (χ2n) is 11.3. The first-order chi connectivity index (χ1) is 19.5. The van der Waals surface area contributed by atoms with Gasteiger partial charge >= 0.3 is 12.6 Å². The summed E-state index contributed by atoms with van der Waals surface area (Å²) in [7, 11) is 0. The van der Waals surface area contributed by atoms with Gasteiger partial charge in [0.15, 0.2) is 5.75 Å². The van der Waals surface area contributed by atoms with Gasteiger partial charge in [0, 0.05) is 42.6 Å². The molecule has 0 atom stereocenters. The number of carboxylic acids is 1. The van der Waals surface area contributed by atoms with Gasteiger partial charge in [0.25, 0.3) is 5.91 Å². The number of likely N-dealkylation sites (tertiary alicyclic amines) is 1. The van der Waals surface area contributed by atoms with E-state index in [1.807, 2.05) is 44.2 Å². The molecule has 2 N–H and O–H groups in total. The number of nitrogens with zero attached hydrogens (tertiary/aromatic N) is 3. The molecule has 1 aliphatic heterocycles. The van der Waals surface area contributed by atoms with Gasteiger partial charge in [-0.05, 0) is 60.9 Å². The topological polar surface area (TPSA) is 96.7 Å². The highest BCUT2D eigenvalue weighted by molar-refractivity contribution is 6.30. The zero-order valence-electron chi connectivity index (χ0n) is 22.9. The lowest BCUT2D eigenvalue weighted by Crippen LogP contribution is -2.56. The molecular formula is C30H33ClF2N4O4. The second kappa shape index (κ2) is 11.4. The average molecular weight is 587 g/mol. The summed E-state index contributed by atoms with van der Waals surface area (Å²) in [5.41, 5.74) is 0.990. The Morgan fingerprint density at radius 1 is 1.10 bits per heavy atom. The second-order valence-corrected chi connectivity index (χ2v) is 11.7. The maximum absolute atomic E-state index is 14.1. The Hall–Kier alpha value is -3.50. The van der Waals surface area contributed by atoms with Crippen LogP contribution in [-0.4, -0.2) is 57.9 Å². The summed E-state index contributed by atoms with van der Waals surface area (Å²) in [6, 6.07) is 13.9. The van der Waals surface area contributed by atoms with Crippen LogP contribution in [0.4, 0.5) is 14.5 Å². The van der Waals surface area contributed by atoms with Crippen LogP contribution in [0.1, 0.15) is 49.4 Å². The van der Waals surface area contributed by atoms with Crippen LogP contribution in [0.25, 0.3) is 0 Å². The molecule has 1 fully saturated rings. The number of anilines is 1. The summed E-state index contributed by atoms with van der Waals surface area (Å²) in [6.45, 7) is 2.19. The molecule has 41 heavy (non-hydrogen) atoms. The average Bonchev–Trinajstić information content (AvgIpc) is 3.56. The molecule has 1 saturated heterocycles. The van der Waals surface area contributed by atoms with Crippen LogP contribution in [0.3, 0.4) is 0 Å². The molecule has 2 aromatic carbocycles. The van der Waals surface area contributed by atoms with E-state index in [-0.39, 0.29) is 22.4 Å². The van der Waals surface area contributed by atoms with Crippen molar-refractivity contribution >= 4 is 29.2 Å². The zero-order valence-corrected chi connectivity index (χ0v) is 23.7. The molecule has 218 valence electrons. The number of carbonyl (C=O) groups is 2. The minimum atomic E-state index is -3.09. The first-order valence-corrected chi connectivity index (χ1v) is 14.0. The van der Waals surface area contributed by atoms with Crippen LogP contribution >= 0.6 is 11.6 Å². The summed E-state index contributed by atoms with van der Waals surface area (Å²) in [5, 5.41) is 17.8. The van der Waals surface area contributed by atoms with E-state index in [2.05, 4.69) is 20.1 Å². The predicted molar refractivity (Wildman–Crippen MR) is 151 cm³/mol. The maximum atomic E-state index is 14.1. The van der Waals surface area contributed by atoms with Crippen LogP contribution in [0.5, 0.6) is 5.75 Å². The number of ether oxygens (including phenoxy) is 1. The highest BCUT2D eigenvalue weighted by Gasteiger charge is 2.49. The van der Waals surface area contributed by atoms with E-state index in [4.69, 9.17) is 11.6 Å². The number of benzene rings is 2. The van der Waals surface area contributed by atoms with E-state index in [0.717, 1.165) is 16.8 Å². The highest BCUT2D eigenvalue weighted by Crippen LogP contribution is 2.41. The fourth-order valence-electron chi connectivity index (χ4n) is 6.21. The number of hydrogen-bond donors (Lipinski definition) is 2. The van der Waals surface area contributed by atoms with E-state index >= 15 is 0 Å². The first-order valence-electron chi connectivity index (χ1n) is 13.7. The monoisotopic (exact) mass is 586 g/mol. The first kappa shape index (κ1) is 29.0. The van der Waals surface area contributed by atoms with Crippen molar-refractivity contribution in [2.75, 3.05) is 25.0 Å². The summed E-state index contributed by atoms with van der Waals surface area (Å²) < 4.78 is 32.6. The molecular weight excluding hydrogens is 554 g/mol. The van der Waals surface area contributed by atoms with Crippen LogP contribution in [-0.2, 0) is 28.0 Å². The number of piperidine rings is 1. The fourth-order valence-corrected chi connectivity index (χ4v) is 6.37. The standard InChI is InChI=1S/C30H33ClF2N4O4/c1-19(2)24-9-12-34-37(24)30(26(38)35-23-8-7-22(31)15-25(23)41-28(32)33)10-13-36(14-11-30)18-29(27(39)40)16-20-5-3-4-6-21(20)17-29/h3-9,12,15,19,28H,10-11,13-14,16-18H2,1-2H3,(H,35,38)(H,39,40). The molecule has 1 amide bonds. The van der Waals surface area contributed by atoms with Crippen molar-refractivity contribution in [1.82, 2.24) is 14.7 Å². The number of nitrogens with one attached hydrogen (secondary N) is 1. The number of carboxylic acid groups (broad SMARTS) is 1. The van der Waals surface area contributed by atoms with Crippen molar-refractivity contribution in [3.05, 3.63) is 76.6 Å². The highest BCUT2D eigenvalue weighted by atomic mass is 35.5. The Morgan fingerprint density at radius 2 is 1.76 bits per heavy atom. The number of halogens is 3. The third-order valence-corrected chi connectivity index (χ3v) is 8.57. The van der Waals surface area contributed by atoms with Crippen LogP contribution < -0.4 is 10.1 Å². The van der Waals surface area contributed by atoms with Gasteiger partial charge in [0.05, 0.1) is 11.1 Å². The minimum absolute atomic E-state index is 0.0701. The molecule has 0 bridgehead atoms. The zero-order chi connectivity index (χ0) is 29.4. The van der Waals surface area contributed by atoms with Crippen molar-refractivity contribution < 1.29 is 28.2 Å². The van der Waals surface area contributed by atoms with E-state index < -0.39 is 29.4 Å². The van der Waals surface area contributed by atoms with Crippen molar-refractivity contribution in [3.63, 3.8) is 0 Å². The molecule has 8 nitrogen and oxygen atoms in total.